The van der Waals surface area contributed by atoms with Crippen LogP contribution in [0.25, 0.3) is 0 Å². The summed E-state index contributed by atoms with van der Waals surface area (Å²) in [4.78, 5) is 3.91. The van der Waals surface area contributed by atoms with Gasteiger partial charge in [-0.15, -0.1) is 11.3 Å². The summed E-state index contributed by atoms with van der Waals surface area (Å²) in [6.07, 6.45) is 1.10. The van der Waals surface area contributed by atoms with Crippen molar-refractivity contribution in [1.82, 2.24) is 13.5 Å². The molecule has 0 saturated carbocycles. The molecule has 1 aromatic rings. The molecule has 1 saturated heterocycles. The molecule has 3 rings (SSSR count). The van der Waals surface area contributed by atoms with Crippen molar-refractivity contribution >= 4 is 21.5 Å². The second-order valence-corrected chi connectivity index (χ2v) is 8.49. The fraction of sp³-hybridized carbons (Fsp3) is 0.667. The van der Waals surface area contributed by atoms with Crippen molar-refractivity contribution in [2.24, 2.45) is 0 Å². The molecule has 0 atom stereocenters. The highest BCUT2D eigenvalue weighted by atomic mass is 32.2. The van der Waals surface area contributed by atoms with Gasteiger partial charge in [0.15, 0.2) is 0 Å². The normalized spacial score (nSPS) is 22.5. The van der Waals surface area contributed by atoms with Gasteiger partial charge in [0.05, 0.1) is 0 Å². The van der Waals surface area contributed by atoms with Gasteiger partial charge in [-0.05, 0) is 23.4 Å². The topological polar surface area (TPSA) is 43.9 Å². The number of fused-ring (bicyclic) bond motifs is 1. The van der Waals surface area contributed by atoms with Gasteiger partial charge in [0, 0.05) is 51.2 Å². The quantitative estimate of drug-likeness (QED) is 0.821. The van der Waals surface area contributed by atoms with Crippen LogP contribution in [0.2, 0.25) is 0 Å². The Bertz CT molecular complexity index is 561. The Kier molecular flexibility index (Phi) is 3.43. The van der Waals surface area contributed by atoms with Crippen LogP contribution in [0.15, 0.2) is 11.4 Å². The summed E-state index contributed by atoms with van der Waals surface area (Å²) < 4.78 is 26.7. The summed E-state index contributed by atoms with van der Waals surface area (Å²) >= 11 is 1.83. The zero-order chi connectivity index (χ0) is 13.6. The minimum absolute atomic E-state index is 0.378. The average Bonchev–Trinajstić information content (AvgIpc) is 2.73. The first kappa shape index (κ1) is 13.5. The first-order chi connectivity index (χ1) is 8.98. The summed E-state index contributed by atoms with van der Waals surface area (Å²) in [5, 5.41) is 2.15. The van der Waals surface area contributed by atoms with Crippen LogP contribution < -0.4 is 0 Å². The van der Waals surface area contributed by atoms with Crippen molar-refractivity contribution in [2.75, 3.05) is 33.7 Å². The van der Waals surface area contributed by atoms with Crippen LogP contribution in [0.3, 0.4) is 0 Å². The summed E-state index contributed by atoms with van der Waals surface area (Å²) in [6, 6.07) is 2.57. The Morgan fingerprint density at radius 3 is 2.79 bits per heavy atom. The van der Waals surface area contributed by atoms with E-state index in [1.165, 1.54) is 14.7 Å². The summed E-state index contributed by atoms with van der Waals surface area (Å²) in [6.45, 7) is 3.27. The van der Waals surface area contributed by atoms with Crippen molar-refractivity contribution < 1.29 is 8.42 Å². The molecule has 106 valence electrons. The Labute approximate surface area is 118 Å². The number of thiophene rings is 1. The van der Waals surface area contributed by atoms with Crippen molar-refractivity contribution in [3.8, 4) is 0 Å². The largest absolute Gasteiger partial charge is 0.293 e. The van der Waals surface area contributed by atoms with Gasteiger partial charge < -0.3 is 0 Å². The smallest absolute Gasteiger partial charge is 0.281 e. The number of hydrogen-bond acceptors (Lipinski definition) is 4. The molecule has 0 unspecified atom stereocenters. The van der Waals surface area contributed by atoms with Gasteiger partial charge >= 0.3 is 0 Å². The number of hydrogen-bond donors (Lipinski definition) is 0. The standard InChI is InChI=1S/C12H19N3O2S2/c1-13(2)19(16,17)15-8-11(9-15)14-5-3-12-10(7-14)4-6-18-12/h4,6,11H,3,5,7-9H2,1-2H3. The lowest BCUT2D eigenvalue weighted by molar-refractivity contribution is 0.0744. The maximum atomic E-state index is 11.9. The predicted octanol–water partition coefficient (Wildman–Crippen LogP) is 0.597. The third-order valence-electron chi connectivity index (χ3n) is 3.97. The third kappa shape index (κ3) is 2.34. The molecule has 19 heavy (non-hydrogen) atoms. The maximum Gasteiger partial charge on any atom is 0.281 e. The summed E-state index contributed by atoms with van der Waals surface area (Å²) in [5.41, 5.74) is 1.42. The summed E-state index contributed by atoms with van der Waals surface area (Å²) in [7, 11) is -0.0503. The zero-order valence-corrected chi connectivity index (χ0v) is 12.9. The SMILES string of the molecule is CN(C)S(=O)(=O)N1CC(N2CCc3sccc3C2)C1. The Balaban J connectivity index is 1.61. The van der Waals surface area contributed by atoms with Gasteiger partial charge in [0.1, 0.15) is 0 Å². The van der Waals surface area contributed by atoms with E-state index in [2.05, 4.69) is 16.3 Å². The van der Waals surface area contributed by atoms with Crippen molar-refractivity contribution in [3.63, 3.8) is 0 Å². The molecule has 0 amide bonds. The molecule has 0 aromatic carbocycles. The Hall–Kier alpha value is -0.470. The molecule has 0 N–H and O–H groups in total. The molecule has 1 fully saturated rings. The molecule has 0 radical (unpaired) electrons. The van der Waals surface area contributed by atoms with Crippen LogP contribution in [0.1, 0.15) is 10.4 Å². The van der Waals surface area contributed by atoms with E-state index in [1.807, 2.05) is 11.3 Å². The highest BCUT2D eigenvalue weighted by Crippen LogP contribution is 2.28. The molecule has 0 bridgehead atoms. The van der Waals surface area contributed by atoms with E-state index in [0.29, 0.717) is 19.1 Å². The molecule has 0 spiro atoms. The molecular formula is C12H19N3O2S2. The highest BCUT2D eigenvalue weighted by Gasteiger charge is 2.40. The number of nitrogens with zero attached hydrogens (tertiary/aromatic N) is 3. The van der Waals surface area contributed by atoms with E-state index in [4.69, 9.17) is 0 Å². The molecule has 3 heterocycles. The van der Waals surface area contributed by atoms with Crippen LogP contribution in [0.4, 0.5) is 0 Å². The second kappa shape index (κ2) is 4.82. The Morgan fingerprint density at radius 2 is 2.11 bits per heavy atom. The van der Waals surface area contributed by atoms with Gasteiger partial charge in [0.25, 0.3) is 10.2 Å². The molecule has 2 aliphatic heterocycles. The number of rotatable bonds is 3. The van der Waals surface area contributed by atoms with Crippen molar-refractivity contribution in [1.29, 1.82) is 0 Å². The van der Waals surface area contributed by atoms with E-state index >= 15 is 0 Å². The zero-order valence-electron chi connectivity index (χ0n) is 11.2. The minimum Gasteiger partial charge on any atom is -0.293 e. The fourth-order valence-electron chi connectivity index (χ4n) is 2.65. The van der Waals surface area contributed by atoms with E-state index in [1.54, 1.807) is 18.4 Å². The molecule has 2 aliphatic rings. The second-order valence-electron chi connectivity index (χ2n) is 5.35. The van der Waals surface area contributed by atoms with Gasteiger partial charge in [-0.1, -0.05) is 0 Å². The average molecular weight is 301 g/mol. The Morgan fingerprint density at radius 1 is 1.37 bits per heavy atom. The van der Waals surface area contributed by atoms with Crippen LogP contribution in [0.5, 0.6) is 0 Å². The first-order valence-corrected chi connectivity index (χ1v) is 8.73. The van der Waals surface area contributed by atoms with Gasteiger partial charge in [0.2, 0.25) is 0 Å². The van der Waals surface area contributed by atoms with Gasteiger partial charge in [-0.2, -0.15) is 17.0 Å². The van der Waals surface area contributed by atoms with E-state index in [-0.39, 0.29) is 0 Å². The monoisotopic (exact) mass is 301 g/mol. The molecule has 7 heteroatoms. The van der Waals surface area contributed by atoms with Gasteiger partial charge in [-0.25, -0.2) is 0 Å². The van der Waals surface area contributed by atoms with Crippen LogP contribution in [-0.2, 0) is 23.2 Å². The fourth-order valence-corrected chi connectivity index (χ4v) is 4.72. The molecular weight excluding hydrogens is 282 g/mol. The van der Waals surface area contributed by atoms with E-state index in [0.717, 1.165) is 19.5 Å². The maximum absolute atomic E-state index is 11.9. The van der Waals surface area contributed by atoms with Crippen LogP contribution >= 0.6 is 11.3 Å². The lowest BCUT2D eigenvalue weighted by Gasteiger charge is -2.46. The summed E-state index contributed by atoms with van der Waals surface area (Å²) in [5.74, 6) is 0. The van der Waals surface area contributed by atoms with Gasteiger partial charge in [-0.3, -0.25) is 4.90 Å². The van der Waals surface area contributed by atoms with Crippen LogP contribution in [-0.4, -0.2) is 61.7 Å². The van der Waals surface area contributed by atoms with Crippen LogP contribution in [0, 0.1) is 0 Å². The van der Waals surface area contributed by atoms with Crippen molar-refractivity contribution in [3.05, 3.63) is 21.9 Å². The van der Waals surface area contributed by atoms with E-state index < -0.39 is 10.2 Å². The molecule has 0 aliphatic carbocycles. The molecule has 1 aromatic heterocycles. The molecule has 5 nitrogen and oxygen atoms in total. The first-order valence-electron chi connectivity index (χ1n) is 6.45. The highest BCUT2D eigenvalue weighted by molar-refractivity contribution is 7.86. The lowest BCUT2D eigenvalue weighted by Crippen LogP contribution is -2.63. The minimum atomic E-state index is -3.22. The van der Waals surface area contributed by atoms with Crippen molar-refractivity contribution in [2.45, 2.75) is 19.0 Å². The lowest BCUT2D eigenvalue weighted by atomic mass is 10.0. The predicted molar refractivity (Wildman–Crippen MR) is 76.4 cm³/mol. The third-order valence-corrected chi connectivity index (χ3v) is 6.87. The van der Waals surface area contributed by atoms with E-state index in [9.17, 15) is 8.42 Å².